The van der Waals surface area contributed by atoms with E-state index in [1.165, 1.54) is 0 Å². The number of nitriles is 1. The molecule has 0 saturated carbocycles. The van der Waals surface area contributed by atoms with Crippen molar-refractivity contribution in [2.24, 2.45) is 5.92 Å². The highest BCUT2D eigenvalue weighted by molar-refractivity contribution is 4.93. The zero-order valence-corrected chi connectivity index (χ0v) is 5.72. The number of rotatable bonds is 1. The van der Waals surface area contributed by atoms with Gasteiger partial charge in [0.05, 0.1) is 12.0 Å². The molecular weight excluding hydrogens is 112 g/mol. The van der Waals surface area contributed by atoms with Gasteiger partial charge in [0.1, 0.15) is 0 Å². The van der Waals surface area contributed by atoms with E-state index in [-0.39, 0.29) is 5.92 Å². The molecule has 2 nitrogen and oxygen atoms in total. The molecule has 0 spiro atoms. The van der Waals surface area contributed by atoms with Crippen LogP contribution in [0.15, 0.2) is 0 Å². The van der Waals surface area contributed by atoms with E-state index in [1.807, 2.05) is 0 Å². The quantitative estimate of drug-likeness (QED) is 0.563. The largest absolute Gasteiger partial charge is 0.313 e. The average Bonchev–Trinajstić information content (AvgIpc) is 2.34. The normalized spacial score (nSPS) is 34.2. The molecular formula is C7H12N2. The van der Waals surface area contributed by atoms with Gasteiger partial charge in [-0.3, -0.25) is 0 Å². The summed E-state index contributed by atoms with van der Waals surface area (Å²) in [5.41, 5.74) is 0. The molecule has 2 atom stereocenters. The first kappa shape index (κ1) is 6.57. The van der Waals surface area contributed by atoms with Gasteiger partial charge >= 0.3 is 0 Å². The Labute approximate surface area is 55.9 Å². The number of nitrogens with one attached hydrogen (secondary N) is 1. The van der Waals surface area contributed by atoms with E-state index < -0.39 is 0 Å². The van der Waals surface area contributed by atoms with Crippen LogP contribution >= 0.6 is 0 Å². The van der Waals surface area contributed by atoms with Crippen molar-refractivity contribution in [2.45, 2.75) is 25.8 Å². The molecule has 1 N–H and O–H groups in total. The molecule has 50 valence electrons. The summed E-state index contributed by atoms with van der Waals surface area (Å²) in [6.07, 6.45) is 2.20. The molecule has 0 aromatic carbocycles. The first-order valence-corrected chi connectivity index (χ1v) is 3.49. The van der Waals surface area contributed by atoms with Crippen LogP contribution in [0.1, 0.15) is 19.8 Å². The van der Waals surface area contributed by atoms with E-state index in [2.05, 4.69) is 18.3 Å². The molecule has 1 aliphatic rings. The van der Waals surface area contributed by atoms with Crippen molar-refractivity contribution >= 4 is 0 Å². The third-order valence-electron chi connectivity index (χ3n) is 1.90. The fourth-order valence-electron chi connectivity index (χ4n) is 1.23. The summed E-state index contributed by atoms with van der Waals surface area (Å²) in [5.74, 6) is 0.273. The highest BCUT2D eigenvalue weighted by Crippen LogP contribution is 2.14. The maximum Gasteiger partial charge on any atom is 0.0669 e. The zero-order chi connectivity index (χ0) is 6.69. The topological polar surface area (TPSA) is 35.8 Å². The Balaban J connectivity index is 2.31. The van der Waals surface area contributed by atoms with Crippen LogP contribution < -0.4 is 5.32 Å². The molecule has 1 fully saturated rings. The van der Waals surface area contributed by atoms with Crippen molar-refractivity contribution in [1.29, 1.82) is 5.26 Å². The van der Waals surface area contributed by atoms with Gasteiger partial charge in [0.15, 0.2) is 0 Å². The van der Waals surface area contributed by atoms with E-state index in [4.69, 9.17) is 5.26 Å². The van der Waals surface area contributed by atoms with Crippen molar-refractivity contribution in [3.8, 4) is 6.07 Å². The van der Waals surface area contributed by atoms with E-state index >= 15 is 0 Å². The van der Waals surface area contributed by atoms with E-state index in [9.17, 15) is 0 Å². The Morgan fingerprint density at radius 1 is 1.78 bits per heavy atom. The van der Waals surface area contributed by atoms with Crippen molar-refractivity contribution in [2.75, 3.05) is 6.54 Å². The molecule has 0 bridgehead atoms. The fourth-order valence-corrected chi connectivity index (χ4v) is 1.23. The maximum atomic E-state index is 8.49. The van der Waals surface area contributed by atoms with Crippen LogP contribution in [0.5, 0.6) is 0 Å². The first-order valence-electron chi connectivity index (χ1n) is 3.49. The van der Waals surface area contributed by atoms with Crippen LogP contribution in [0.3, 0.4) is 0 Å². The number of hydrogen-bond acceptors (Lipinski definition) is 2. The minimum absolute atomic E-state index is 0.273. The van der Waals surface area contributed by atoms with Gasteiger partial charge in [0, 0.05) is 12.6 Å². The molecule has 9 heavy (non-hydrogen) atoms. The molecule has 1 aliphatic heterocycles. The van der Waals surface area contributed by atoms with Gasteiger partial charge in [-0.2, -0.15) is 5.26 Å². The second-order valence-electron chi connectivity index (χ2n) is 2.58. The van der Waals surface area contributed by atoms with Gasteiger partial charge in [-0.25, -0.2) is 0 Å². The minimum atomic E-state index is 0.273. The van der Waals surface area contributed by atoms with Gasteiger partial charge in [0.25, 0.3) is 0 Å². The monoisotopic (exact) mass is 124 g/mol. The molecule has 0 aliphatic carbocycles. The first-order chi connectivity index (χ1) is 4.36. The number of nitrogens with zero attached hydrogens (tertiary/aromatic N) is 1. The van der Waals surface area contributed by atoms with Crippen LogP contribution in [0.4, 0.5) is 0 Å². The highest BCUT2D eigenvalue weighted by atomic mass is 14.9. The Bertz CT molecular complexity index is 125. The summed E-state index contributed by atoms with van der Waals surface area (Å²) < 4.78 is 0. The van der Waals surface area contributed by atoms with Gasteiger partial charge in [-0.15, -0.1) is 0 Å². The van der Waals surface area contributed by atoms with E-state index in [0.29, 0.717) is 6.04 Å². The lowest BCUT2D eigenvalue weighted by molar-refractivity contribution is 0.581. The predicted octanol–water partition coefficient (Wildman–Crippen LogP) is 0.898. The van der Waals surface area contributed by atoms with Gasteiger partial charge in [-0.05, 0) is 12.8 Å². The molecule has 0 amide bonds. The molecule has 1 heterocycles. The predicted molar refractivity (Wildman–Crippen MR) is 35.8 cm³/mol. The third-order valence-corrected chi connectivity index (χ3v) is 1.90. The van der Waals surface area contributed by atoms with Crippen LogP contribution in [0.25, 0.3) is 0 Å². The zero-order valence-electron chi connectivity index (χ0n) is 5.72. The second-order valence-corrected chi connectivity index (χ2v) is 2.58. The van der Waals surface area contributed by atoms with E-state index in [1.54, 1.807) is 0 Å². The lowest BCUT2D eigenvalue weighted by Gasteiger charge is -2.02. The molecule has 0 radical (unpaired) electrons. The SMILES string of the molecule is CC[C@@H]1C[C@H](C#N)CN1. The van der Waals surface area contributed by atoms with Gasteiger partial charge < -0.3 is 5.32 Å². The average molecular weight is 124 g/mol. The lowest BCUT2D eigenvalue weighted by atomic mass is 10.1. The summed E-state index contributed by atoms with van der Waals surface area (Å²) >= 11 is 0. The highest BCUT2D eigenvalue weighted by Gasteiger charge is 2.21. The molecule has 2 heteroatoms. The standard InChI is InChI=1S/C7H12N2/c1-2-7-3-6(4-8)5-9-7/h6-7,9H,2-3,5H2,1H3/t6-,7-/m1/s1. The van der Waals surface area contributed by atoms with Crippen molar-refractivity contribution < 1.29 is 0 Å². The number of hydrogen-bond donors (Lipinski definition) is 1. The van der Waals surface area contributed by atoms with Crippen molar-refractivity contribution in [3.05, 3.63) is 0 Å². The van der Waals surface area contributed by atoms with Crippen LogP contribution in [-0.2, 0) is 0 Å². The lowest BCUT2D eigenvalue weighted by Crippen LogP contribution is -2.19. The fraction of sp³-hybridized carbons (Fsp3) is 0.857. The van der Waals surface area contributed by atoms with E-state index in [0.717, 1.165) is 19.4 Å². The maximum absolute atomic E-state index is 8.49. The second kappa shape index (κ2) is 2.84. The summed E-state index contributed by atoms with van der Waals surface area (Å²) in [7, 11) is 0. The smallest absolute Gasteiger partial charge is 0.0669 e. The Morgan fingerprint density at radius 2 is 2.56 bits per heavy atom. The van der Waals surface area contributed by atoms with Gasteiger partial charge in [-0.1, -0.05) is 6.92 Å². The molecule has 1 saturated heterocycles. The molecule has 0 unspecified atom stereocenters. The molecule has 1 rings (SSSR count). The summed E-state index contributed by atoms with van der Waals surface area (Å²) in [4.78, 5) is 0. The summed E-state index contributed by atoms with van der Waals surface area (Å²) in [6, 6.07) is 2.87. The van der Waals surface area contributed by atoms with Crippen LogP contribution in [-0.4, -0.2) is 12.6 Å². The third kappa shape index (κ3) is 1.43. The molecule has 0 aromatic heterocycles. The Kier molecular flexibility index (Phi) is 2.07. The van der Waals surface area contributed by atoms with Crippen LogP contribution in [0.2, 0.25) is 0 Å². The van der Waals surface area contributed by atoms with Crippen molar-refractivity contribution in [3.63, 3.8) is 0 Å². The van der Waals surface area contributed by atoms with Crippen molar-refractivity contribution in [1.82, 2.24) is 5.32 Å². The van der Waals surface area contributed by atoms with Gasteiger partial charge in [0.2, 0.25) is 0 Å². The Morgan fingerprint density at radius 3 is 2.89 bits per heavy atom. The minimum Gasteiger partial charge on any atom is -0.313 e. The summed E-state index contributed by atoms with van der Waals surface area (Å²) in [5, 5.41) is 11.8. The van der Waals surface area contributed by atoms with Crippen LogP contribution in [0, 0.1) is 17.2 Å². The Hall–Kier alpha value is -0.550. The summed E-state index contributed by atoms with van der Waals surface area (Å²) in [6.45, 7) is 3.05. The molecule has 0 aromatic rings.